The zero-order chi connectivity index (χ0) is 19.6. The molecule has 142 valence electrons. The van der Waals surface area contributed by atoms with Gasteiger partial charge in [0.2, 0.25) is 0 Å². The summed E-state index contributed by atoms with van der Waals surface area (Å²) < 4.78 is 5.89. The Morgan fingerprint density at radius 1 is 0.750 bits per heavy atom. The number of hydrogen-bond acceptors (Lipinski definition) is 2. The van der Waals surface area contributed by atoms with Crippen LogP contribution in [0.25, 0.3) is 0 Å². The third kappa shape index (κ3) is 5.18. The molecule has 3 aromatic carbocycles. The average molecular weight is 370 g/mol. The molecule has 2 nitrogen and oxygen atoms in total. The highest BCUT2D eigenvalue weighted by atomic mass is 16.5. The van der Waals surface area contributed by atoms with Gasteiger partial charge in [-0.15, -0.1) is 6.42 Å². The van der Waals surface area contributed by atoms with Crippen molar-refractivity contribution < 1.29 is 4.74 Å². The Kier molecular flexibility index (Phi) is 7.15. The molecule has 0 aliphatic heterocycles. The second-order valence-corrected chi connectivity index (χ2v) is 6.77. The van der Waals surface area contributed by atoms with Crippen molar-refractivity contribution in [1.82, 2.24) is 0 Å². The first-order valence-corrected chi connectivity index (χ1v) is 9.96. The minimum Gasteiger partial charge on any atom is -0.494 e. The van der Waals surface area contributed by atoms with Gasteiger partial charge in [-0.25, -0.2) is 0 Å². The van der Waals surface area contributed by atoms with Crippen molar-refractivity contribution in [3.05, 3.63) is 84.4 Å². The van der Waals surface area contributed by atoms with Crippen LogP contribution in [-0.4, -0.2) is 6.61 Å². The van der Waals surface area contributed by atoms with Gasteiger partial charge < -0.3 is 9.64 Å². The molecule has 0 N–H and O–H groups in total. The van der Waals surface area contributed by atoms with Gasteiger partial charge in [-0.3, -0.25) is 0 Å². The van der Waals surface area contributed by atoms with E-state index >= 15 is 0 Å². The highest BCUT2D eigenvalue weighted by Gasteiger charge is 2.12. The highest BCUT2D eigenvalue weighted by molar-refractivity contribution is 5.76. The van der Waals surface area contributed by atoms with Gasteiger partial charge in [-0.2, -0.15) is 0 Å². The van der Waals surface area contributed by atoms with Crippen molar-refractivity contribution >= 4 is 17.1 Å². The number of nitrogens with zero attached hydrogens (tertiary/aromatic N) is 1. The fourth-order valence-corrected chi connectivity index (χ4v) is 3.14. The molecule has 2 heteroatoms. The lowest BCUT2D eigenvalue weighted by Gasteiger charge is -2.25. The standard InChI is InChI=1S/C26H27NO/c1-3-5-6-10-21-28-26-19-17-25(18-20-26)27(23-11-8-7-9-12-23)24-15-13-22(4-2)14-16-24/h2,7-9,11-20H,3,5-6,10,21H2,1H3. The van der Waals surface area contributed by atoms with Crippen LogP contribution in [0.5, 0.6) is 5.75 Å². The molecule has 0 fully saturated rings. The predicted octanol–water partition coefficient (Wildman–Crippen LogP) is 7.10. The number of benzene rings is 3. The van der Waals surface area contributed by atoms with Crippen LogP contribution in [0.4, 0.5) is 17.1 Å². The molecule has 3 rings (SSSR count). The van der Waals surface area contributed by atoms with E-state index in [0.717, 1.165) is 41.4 Å². The van der Waals surface area contributed by atoms with E-state index in [1.54, 1.807) is 0 Å². The van der Waals surface area contributed by atoms with Gasteiger partial charge in [0.25, 0.3) is 0 Å². The molecular weight excluding hydrogens is 342 g/mol. The van der Waals surface area contributed by atoms with Gasteiger partial charge in [0.05, 0.1) is 6.61 Å². The van der Waals surface area contributed by atoms with Crippen LogP contribution in [0.2, 0.25) is 0 Å². The predicted molar refractivity (Wildman–Crippen MR) is 119 cm³/mol. The van der Waals surface area contributed by atoms with Crippen molar-refractivity contribution in [2.24, 2.45) is 0 Å². The van der Waals surface area contributed by atoms with Crippen LogP contribution >= 0.6 is 0 Å². The summed E-state index contributed by atoms with van der Waals surface area (Å²) in [6.07, 6.45) is 10.3. The third-order valence-corrected chi connectivity index (χ3v) is 4.67. The highest BCUT2D eigenvalue weighted by Crippen LogP contribution is 2.35. The first kappa shape index (κ1) is 19.6. The van der Waals surface area contributed by atoms with Crippen molar-refractivity contribution in [2.45, 2.75) is 32.6 Å². The van der Waals surface area contributed by atoms with E-state index in [0.29, 0.717) is 0 Å². The van der Waals surface area contributed by atoms with Crippen LogP contribution < -0.4 is 9.64 Å². The molecule has 0 radical (unpaired) electrons. The lowest BCUT2D eigenvalue weighted by molar-refractivity contribution is 0.305. The van der Waals surface area contributed by atoms with Crippen LogP contribution in [0.1, 0.15) is 38.2 Å². The molecule has 0 amide bonds. The molecule has 0 aromatic heterocycles. The largest absolute Gasteiger partial charge is 0.494 e. The second-order valence-electron chi connectivity index (χ2n) is 6.77. The molecule has 0 heterocycles. The lowest BCUT2D eigenvalue weighted by atomic mass is 10.1. The maximum Gasteiger partial charge on any atom is 0.119 e. The molecule has 0 saturated carbocycles. The molecule has 0 aliphatic rings. The SMILES string of the molecule is C#Cc1ccc(N(c2ccccc2)c2ccc(OCCCCCC)cc2)cc1. The van der Waals surface area contributed by atoms with E-state index in [1.165, 1.54) is 19.3 Å². The van der Waals surface area contributed by atoms with E-state index in [-0.39, 0.29) is 0 Å². The third-order valence-electron chi connectivity index (χ3n) is 4.67. The van der Waals surface area contributed by atoms with Crippen molar-refractivity contribution in [2.75, 3.05) is 11.5 Å². The summed E-state index contributed by atoms with van der Waals surface area (Å²) in [5, 5.41) is 0. The number of terminal acetylenes is 1. The Balaban J connectivity index is 1.79. The average Bonchev–Trinajstić information content (AvgIpc) is 2.76. The number of para-hydroxylation sites is 1. The van der Waals surface area contributed by atoms with Gasteiger partial charge in [0, 0.05) is 22.6 Å². The number of hydrogen-bond donors (Lipinski definition) is 0. The van der Waals surface area contributed by atoms with Crippen LogP contribution in [0, 0.1) is 12.3 Å². The quantitative estimate of drug-likeness (QED) is 0.295. The van der Waals surface area contributed by atoms with Gasteiger partial charge >= 0.3 is 0 Å². The van der Waals surface area contributed by atoms with Gasteiger partial charge in [0.15, 0.2) is 0 Å². The summed E-state index contributed by atoms with van der Waals surface area (Å²) in [5.74, 6) is 3.59. The summed E-state index contributed by atoms with van der Waals surface area (Å²) in [4.78, 5) is 2.21. The van der Waals surface area contributed by atoms with Crippen molar-refractivity contribution in [3.8, 4) is 18.1 Å². The van der Waals surface area contributed by atoms with Gasteiger partial charge in [-0.1, -0.05) is 50.3 Å². The zero-order valence-corrected chi connectivity index (χ0v) is 16.5. The Morgan fingerprint density at radius 3 is 1.96 bits per heavy atom. The molecule has 0 unspecified atom stereocenters. The molecule has 0 spiro atoms. The van der Waals surface area contributed by atoms with Gasteiger partial charge in [-0.05, 0) is 67.1 Å². The molecule has 3 aromatic rings. The van der Waals surface area contributed by atoms with Crippen molar-refractivity contribution in [1.29, 1.82) is 0 Å². The fraction of sp³-hybridized carbons (Fsp3) is 0.231. The Hall–Kier alpha value is -3.18. The first-order valence-electron chi connectivity index (χ1n) is 9.96. The lowest BCUT2D eigenvalue weighted by Crippen LogP contribution is -2.09. The van der Waals surface area contributed by atoms with E-state index in [2.05, 4.69) is 54.1 Å². The van der Waals surface area contributed by atoms with E-state index < -0.39 is 0 Å². The van der Waals surface area contributed by atoms with Crippen LogP contribution in [-0.2, 0) is 0 Å². The first-order chi connectivity index (χ1) is 13.8. The second kappa shape index (κ2) is 10.2. The summed E-state index contributed by atoms with van der Waals surface area (Å²) >= 11 is 0. The van der Waals surface area contributed by atoms with Crippen molar-refractivity contribution in [3.63, 3.8) is 0 Å². The number of ether oxygens (including phenoxy) is 1. The maximum atomic E-state index is 5.89. The topological polar surface area (TPSA) is 12.5 Å². The van der Waals surface area contributed by atoms with Crippen LogP contribution in [0.15, 0.2) is 78.9 Å². The molecule has 0 aliphatic carbocycles. The zero-order valence-electron chi connectivity index (χ0n) is 16.5. The minimum absolute atomic E-state index is 0.773. The molecule has 0 saturated heterocycles. The minimum atomic E-state index is 0.773. The normalized spacial score (nSPS) is 10.3. The molecule has 0 bridgehead atoms. The number of unbranched alkanes of at least 4 members (excludes halogenated alkanes) is 3. The van der Waals surface area contributed by atoms with Gasteiger partial charge in [0.1, 0.15) is 5.75 Å². The van der Waals surface area contributed by atoms with Crippen LogP contribution in [0.3, 0.4) is 0 Å². The summed E-state index contributed by atoms with van der Waals surface area (Å²) in [6, 6.07) is 26.7. The monoisotopic (exact) mass is 369 g/mol. The molecule has 28 heavy (non-hydrogen) atoms. The summed E-state index contributed by atoms with van der Waals surface area (Å²) in [7, 11) is 0. The Labute approximate surface area is 168 Å². The number of rotatable bonds is 9. The summed E-state index contributed by atoms with van der Waals surface area (Å²) in [5.41, 5.74) is 4.13. The maximum absolute atomic E-state index is 5.89. The molecule has 0 atom stereocenters. The van der Waals surface area contributed by atoms with E-state index in [4.69, 9.17) is 11.2 Å². The Morgan fingerprint density at radius 2 is 1.36 bits per heavy atom. The summed E-state index contributed by atoms with van der Waals surface area (Å²) in [6.45, 7) is 2.99. The molecular formula is C26H27NO. The van der Waals surface area contributed by atoms with E-state index in [1.807, 2.05) is 42.5 Å². The fourth-order valence-electron chi connectivity index (χ4n) is 3.14. The van der Waals surface area contributed by atoms with E-state index in [9.17, 15) is 0 Å². The number of anilines is 3. The Bertz CT molecular complexity index is 876. The smallest absolute Gasteiger partial charge is 0.119 e.